The van der Waals surface area contributed by atoms with Gasteiger partial charge in [0.1, 0.15) is 12.4 Å². The summed E-state index contributed by atoms with van der Waals surface area (Å²) in [6, 6.07) is 9.66. The van der Waals surface area contributed by atoms with Crippen LogP contribution in [0.3, 0.4) is 0 Å². The highest BCUT2D eigenvalue weighted by atomic mass is 35.5. The van der Waals surface area contributed by atoms with Gasteiger partial charge in [0, 0.05) is 13.1 Å². The van der Waals surface area contributed by atoms with Crippen LogP contribution in [0.15, 0.2) is 30.3 Å². The molecule has 2 unspecified atom stereocenters. The summed E-state index contributed by atoms with van der Waals surface area (Å²) in [6.45, 7) is 4.80. The lowest BCUT2D eigenvalue weighted by Gasteiger charge is -2.24. The number of carbonyl (C=O) groups is 1. The molecule has 0 bridgehead atoms. The largest absolute Gasteiger partial charge is 0.491 e. The average Bonchev–Trinajstić information content (AvgIpc) is 2.53. The number of para-hydroxylation sites is 1. The molecule has 1 fully saturated rings. The minimum Gasteiger partial charge on any atom is -0.491 e. The number of morpholine rings is 1. The number of benzene rings is 1. The maximum Gasteiger partial charge on any atom is 0.222 e. The van der Waals surface area contributed by atoms with Gasteiger partial charge >= 0.3 is 0 Å². The van der Waals surface area contributed by atoms with Crippen LogP contribution >= 0.6 is 12.4 Å². The van der Waals surface area contributed by atoms with Crippen LogP contribution in [0.25, 0.3) is 0 Å². The Kier molecular flexibility index (Phi) is 8.89. The van der Waals surface area contributed by atoms with Gasteiger partial charge in [-0.1, -0.05) is 25.1 Å². The molecule has 2 N–H and O–H groups in total. The van der Waals surface area contributed by atoms with Gasteiger partial charge in [-0.15, -0.1) is 12.4 Å². The normalized spacial score (nSPS) is 18.9. The number of carbonyl (C=O) groups excluding carboxylic acids is 1. The zero-order valence-corrected chi connectivity index (χ0v) is 13.7. The highest BCUT2D eigenvalue weighted by Gasteiger charge is 2.19. The topological polar surface area (TPSA) is 59.6 Å². The highest BCUT2D eigenvalue weighted by Crippen LogP contribution is 2.09. The van der Waals surface area contributed by atoms with Gasteiger partial charge in [0.2, 0.25) is 5.91 Å². The Labute approximate surface area is 138 Å². The first-order chi connectivity index (χ1) is 10.3. The Bertz CT molecular complexity index is 425. The molecule has 6 heteroatoms. The fraction of sp³-hybridized carbons (Fsp3) is 0.562. The first kappa shape index (κ1) is 18.7. The lowest BCUT2D eigenvalue weighted by molar-refractivity contribution is -0.125. The first-order valence-electron chi connectivity index (χ1n) is 7.57. The standard InChI is InChI=1S/C16H24N2O3.ClH/c1-2-13(12-21-14-6-4-3-5-7-14)18-16(19)10-15-11-17-8-9-20-15;/h3-7,13,15,17H,2,8-12H2,1H3,(H,18,19);1H. The summed E-state index contributed by atoms with van der Waals surface area (Å²) in [5.41, 5.74) is 0. The molecule has 0 aliphatic carbocycles. The van der Waals surface area contributed by atoms with Crippen LogP contribution in [0.1, 0.15) is 19.8 Å². The number of amides is 1. The van der Waals surface area contributed by atoms with E-state index in [1.54, 1.807) is 0 Å². The molecule has 1 aliphatic rings. The Hall–Kier alpha value is -1.30. The third kappa shape index (κ3) is 6.64. The molecule has 1 heterocycles. The van der Waals surface area contributed by atoms with E-state index in [1.165, 1.54) is 0 Å². The van der Waals surface area contributed by atoms with Gasteiger partial charge in [-0.25, -0.2) is 0 Å². The molecule has 0 saturated carbocycles. The van der Waals surface area contributed by atoms with Crippen molar-refractivity contribution in [2.75, 3.05) is 26.3 Å². The molecule has 0 spiro atoms. The van der Waals surface area contributed by atoms with Crippen molar-refractivity contribution in [1.82, 2.24) is 10.6 Å². The summed E-state index contributed by atoms with van der Waals surface area (Å²) >= 11 is 0. The molecule has 1 aliphatic heterocycles. The van der Waals surface area contributed by atoms with Crippen molar-refractivity contribution in [2.24, 2.45) is 0 Å². The fourth-order valence-corrected chi connectivity index (χ4v) is 2.22. The minimum absolute atomic E-state index is 0. The van der Waals surface area contributed by atoms with Crippen LogP contribution in [0.4, 0.5) is 0 Å². The van der Waals surface area contributed by atoms with Crippen molar-refractivity contribution in [3.63, 3.8) is 0 Å². The maximum absolute atomic E-state index is 12.0. The van der Waals surface area contributed by atoms with Crippen molar-refractivity contribution < 1.29 is 14.3 Å². The molecule has 1 aromatic rings. The second-order valence-corrected chi connectivity index (χ2v) is 5.20. The molecule has 0 radical (unpaired) electrons. The molecule has 5 nitrogen and oxygen atoms in total. The number of nitrogens with one attached hydrogen (secondary N) is 2. The fourth-order valence-electron chi connectivity index (χ4n) is 2.22. The summed E-state index contributed by atoms with van der Waals surface area (Å²) in [5, 5.41) is 6.24. The summed E-state index contributed by atoms with van der Waals surface area (Å²) < 4.78 is 11.2. The Balaban J connectivity index is 0.00000242. The van der Waals surface area contributed by atoms with Gasteiger partial charge in [0.15, 0.2) is 0 Å². The minimum atomic E-state index is -0.0219. The number of halogens is 1. The van der Waals surface area contributed by atoms with Gasteiger partial charge in [-0.05, 0) is 18.6 Å². The number of hydrogen-bond acceptors (Lipinski definition) is 4. The first-order valence-corrected chi connectivity index (χ1v) is 7.57. The van der Waals surface area contributed by atoms with Crippen LogP contribution < -0.4 is 15.4 Å². The van der Waals surface area contributed by atoms with Crippen molar-refractivity contribution in [3.8, 4) is 5.75 Å². The van der Waals surface area contributed by atoms with Crippen molar-refractivity contribution in [2.45, 2.75) is 31.9 Å². The lowest BCUT2D eigenvalue weighted by Crippen LogP contribution is -2.44. The second kappa shape index (κ2) is 10.4. The van der Waals surface area contributed by atoms with Crippen molar-refractivity contribution in [3.05, 3.63) is 30.3 Å². The van der Waals surface area contributed by atoms with Gasteiger partial charge in [0.05, 0.1) is 25.2 Å². The summed E-state index contributed by atoms with van der Waals surface area (Å²) in [6.07, 6.45) is 1.21. The van der Waals surface area contributed by atoms with Gasteiger partial charge in [0.25, 0.3) is 0 Å². The van der Waals surface area contributed by atoms with E-state index in [2.05, 4.69) is 10.6 Å². The van der Waals surface area contributed by atoms with E-state index in [-0.39, 0.29) is 30.5 Å². The predicted molar refractivity (Wildman–Crippen MR) is 88.6 cm³/mol. The van der Waals surface area contributed by atoms with Crippen molar-refractivity contribution in [1.29, 1.82) is 0 Å². The van der Waals surface area contributed by atoms with Gasteiger partial charge < -0.3 is 20.1 Å². The molecule has 124 valence electrons. The summed E-state index contributed by atoms with van der Waals surface area (Å²) in [7, 11) is 0. The van der Waals surface area contributed by atoms with Crippen LogP contribution in [-0.2, 0) is 9.53 Å². The molecule has 1 aromatic carbocycles. The van der Waals surface area contributed by atoms with E-state index in [0.717, 1.165) is 25.3 Å². The smallest absolute Gasteiger partial charge is 0.222 e. The lowest BCUT2D eigenvalue weighted by atomic mass is 10.2. The SMILES string of the molecule is CCC(COc1ccccc1)NC(=O)CC1CNCCO1.Cl. The van der Waals surface area contributed by atoms with E-state index in [4.69, 9.17) is 9.47 Å². The van der Waals surface area contributed by atoms with Crippen LogP contribution in [0.5, 0.6) is 5.75 Å². The van der Waals surface area contributed by atoms with Crippen LogP contribution in [0.2, 0.25) is 0 Å². The Morgan fingerprint density at radius 1 is 1.45 bits per heavy atom. The molecule has 2 atom stereocenters. The number of rotatable bonds is 7. The highest BCUT2D eigenvalue weighted by molar-refractivity contribution is 5.85. The van der Waals surface area contributed by atoms with Crippen molar-refractivity contribution >= 4 is 18.3 Å². The van der Waals surface area contributed by atoms with Crippen LogP contribution in [0, 0.1) is 0 Å². The third-order valence-corrected chi connectivity index (χ3v) is 3.47. The molecule has 1 amide bonds. The Morgan fingerprint density at radius 2 is 2.23 bits per heavy atom. The molecule has 2 rings (SSSR count). The number of hydrogen-bond donors (Lipinski definition) is 2. The number of ether oxygens (including phenoxy) is 2. The third-order valence-electron chi connectivity index (χ3n) is 3.47. The van der Waals surface area contributed by atoms with E-state index >= 15 is 0 Å². The van der Waals surface area contributed by atoms with E-state index < -0.39 is 0 Å². The zero-order chi connectivity index (χ0) is 14.9. The Morgan fingerprint density at radius 3 is 2.86 bits per heavy atom. The van der Waals surface area contributed by atoms with Gasteiger partial charge in [-0.2, -0.15) is 0 Å². The zero-order valence-electron chi connectivity index (χ0n) is 12.9. The van der Waals surface area contributed by atoms with E-state index in [1.807, 2.05) is 37.3 Å². The second-order valence-electron chi connectivity index (χ2n) is 5.20. The monoisotopic (exact) mass is 328 g/mol. The molecule has 1 saturated heterocycles. The quantitative estimate of drug-likeness (QED) is 0.800. The van der Waals surface area contributed by atoms with E-state index in [9.17, 15) is 4.79 Å². The summed E-state index contributed by atoms with van der Waals surface area (Å²) in [5.74, 6) is 0.845. The molecule has 22 heavy (non-hydrogen) atoms. The van der Waals surface area contributed by atoms with Gasteiger partial charge in [-0.3, -0.25) is 4.79 Å². The molecular weight excluding hydrogens is 304 g/mol. The summed E-state index contributed by atoms with van der Waals surface area (Å²) in [4.78, 5) is 12.0. The molecular formula is C16H25ClN2O3. The predicted octanol–water partition coefficient (Wildman–Crippen LogP) is 1.76. The van der Waals surface area contributed by atoms with Crippen LogP contribution in [-0.4, -0.2) is 44.4 Å². The average molecular weight is 329 g/mol. The molecule has 0 aromatic heterocycles. The maximum atomic E-state index is 12.0. The van der Waals surface area contributed by atoms with E-state index in [0.29, 0.717) is 19.6 Å².